The summed E-state index contributed by atoms with van der Waals surface area (Å²) >= 11 is 5.80. The van der Waals surface area contributed by atoms with E-state index < -0.39 is 5.82 Å². The molecule has 0 radical (unpaired) electrons. The highest BCUT2D eigenvalue weighted by atomic mass is 35.5. The smallest absolute Gasteiger partial charge is 0.246 e. The average Bonchev–Trinajstić information content (AvgIpc) is 3.18. The monoisotopic (exact) mass is 453 g/mol. The zero-order valence-corrected chi connectivity index (χ0v) is 17.9. The number of nitrogens with two attached hydrogens (primary N) is 1. The molecule has 2 aromatic heterocycles. The molecular weight excluding hydrogens is 433 g/mol. The zero-order valence-electron chi connectivity index (χ0n) is 17.2. The van der Waals surface area contributed by atoms with E-state index >= 15 is 0 Å². The van der Waals surface area contributed by atoms with E-state index in [1.54, 1.807) is 15.6 Å². The Labute approximate surface area is 189 Å². The van der Waals surface area contributed by atoms with Crippen LogP contribution in [0.2, 0.25) is 5.02 Å². The molecule has 8 nitrogen and oxygen atoms in total. The van der Waals surface area contributed by atoms with Crippen molar-refractivity contribution in [3.8, 4) is 11.8 Å². The Morgan fingerprint density at radius 2 is 2.28 bits per heavy atom. The van der Waals surface area contributed by atoms with Gasteiger partial charge in [-0.1, -0.05) is 24.1 Å². The van der Waals surface area contributed by atoms with E-state index in [4.69, 9.17) is 17.3 Å². The van der Waals surface area contributed by atoms with Gasteiger partial charge in [0.2, 0.25) is 5.91 Å². The number of carbonyl (C=O) groups is 1. The molecule has 1 saturated heterocycles. The molecule has 3 aromatic rings. The topological polar surface area (TPSA) is 102 Å². The number of piperidine rings is 1. The number of hydrogen-bond donors (Lipinski definition) is 2. The summed E-state index contributed by atoms with van der Waals surface area (Å²) in [7, 11) is 0. The predicted octanol–water partition coefficient (Wildman–Crippen LogP) is 3.01. The number of nitrogens with zero attached hydrogens (tertiary/aromatic N) is 5. The van der Waals surface area contributed by atoms with Gasteiger partial charge in [0.05, 0.1) is 23.0 Å². The van der Waals surface area contributed by atoms with E-state index in [0.29, 0.717) is 41.3 Å². The molecule has 1 aromatic carbocycles. The second-order valence-electron chi connectivity index (χ2n) is 7.32. The maximum atomic E-state index is 13.3. The molecule has 0 spiro atoms. The third kappa shape index (κ3) is 4.36. The number of fused-ring (bicyclic) bond motifs is 1. The van der Waals surface area contributed by atoms with Crippen molar-refractivity contribution in [2.45, 2.75) is 18.9 Å². The third-order valence-electron chi connectivity index (χ3n) is 5.25. The van der Waals surface area contributed by atoms with Crippen LogP contribution in [0.1, 0.15) is 24.6 Å². The summed E-state index contributed by atoms with van der Waals surface area (Å²) in [5.74, 6) is 5.72. The fraction of sp³-hybridized carbons (Fsp3) is 0.273. The van der Waals surface area contributed by atoms with Gasteiger partial charge in [-0.15, -0.1) is 0 Å². The van der Waals surface area contributed by atoms with Gasteiger partial charge < -0.3 is 16.0 Å². The lowest BCUT2D eigenvalue weighted by Crippen LogP contribution is -2.40. The fourth-order valence-corrected chi connectivity index (χ4v) is 3.88. The number of amides is 1. The minimum absolute atomic E-state index is 0.0362. The number of nitrogens with one attached hydrogen (secondary N) is 1. The normalized spacial score (nSPS) is 15.8. The van der Waals surface area contributed by atoms with Gasteiger partial charge in [0, 0.05) is 18.8 Å². The van der Waals surface area contributed by atoms with Gasteiger partial charge in [0.15, 0.2) is 5.65 Å². The summed E-state index contributed by atoms with van der Waals surface area (Å²) in [6.07, 6.45) is 4.41. The summed E-state index contributed by atoms with van der Waals surface area (Å²) in [6, 6.07) is 4.31. The Bertz CT molecular complexity index is 1250. The second-order valence-corrected chi connectivity index (χ2v) is 7.73. The summed E-state index contributed by atoms with van der Waals surface area (Å²) in [4.78, 5) is 22.3. The summed E-state index contributed by atoms with van der Waals surface area (Å²) in [5.41, 5.74) is 7.80. The first-order valence-electron chi connectivity index (χ1n) is 10.1. The van der Waals surface area contributed by atoms with Crippen molar-refractivity contribution in [3.63, 3.8) is 0 Å². The first-order valence-corrected chi connectivity index (χ1v) is 10.4. The van der Waals surface area contributed by atoms with Crippen LogP contribution in [0.25, 0.3) is 11.0 Å². The molecule has 0 aliphatic carbocycles. The molecule has 1 fully saturated rings. The standard InChI is InChI=1S/C22H21ClFN7O/c1-2-19(32)30-10-4-5-15(12-30)31-22-20(21(25)27-13-28-22)18(29-31)6-3-9-26-14-7-8-17(24)16(23)11-14/h2,7-8,11,13,15,26H,1,4-5,9-10,12H2,(H2,25,27,28). The van der Waals surface area contributed by atoms with E-state index in [1.165, 1.54) is 24.5 Å². The molecule has 1 amide bonds. The largest absolute Gasteiger partial charge is 0.383 e. The van der Waals surface area contributed by atoms with E-state index in [9.17, 15) is 9.18 Å². The van der Waals surface area contributed by atoms with Crippen LogP contribution < -0.4 is 11.1 Å². The van der Waals surface area contributed by atoms with Gasteiger partial charge in [-0.3, -0.25) is 4.79 Å². The predicted molar refractivity (Wildman–Crippen MR) is 122 cm³/mol. The molecular formula is C22H21ClFN7O. The first kappa shape index (κ1) is 21.6. The van der Waals surface area contributed by atoms with Crippen LogP contribution in [0.15, 0.2) is 37.2 Å². The van der Waals surface area contributed by atoms with Gasteiger partial charge in [-0.05, 0) is 43.0 Å². The minimum atomic E-state index is -0.480. The molecule has 1 unspecified atom stereocenters. The number of anilines is 2. The highest BCUT2D eigenvalue weighted by Crippen LogP contribution is 2.28. The van der Waals surface area contributed by atoms with Crippen LogP contribution in [-0.4, -0.2) is 50.2 Å². The number of benzene rings is 1. The summed E-state index contributed by atoms with van der Waals surface area (Å²) in [6.45, 7) is 5.05. The number of hydrogen-bond acceptors (Lipinski definition) is 6. The van der Waals surface area contributed by atoms with Crippen molar-refractivity contribution in [1.29, 1.82) is 0 Å². The zero-order chi connectivity index (χ0) is 22.7. The minimum Gasteiger partial charge on any atom is -0.383 e. The SMILES string of the molecule is C=CC(=O)N1CCCC(n2nc(C#CCNc3ccc(F)c(Cl)c3)c3c(N)ncnc32)C1. The first-order chi connectivity index (χ1) is 15.5. The third-order valence-corrected chi connectivity index (χ3v) is 5.54. The van der Waals surface area contributed by atoms with Crippen LogP contribution in [0.4, 0.5) is 15.9 Å². The molecule has 0 bridgehead atoms. The molecule has 1 aliphatic rings. The highest BCUT2D eigenvalue weighted by molar-refractivity contribution is 6.31. The lowest BCUT2D eigenvalue weighted by Gasteiger charge is -2.32. The molecule has 1 aliphatic heterocycles. The van der Waals surface area contributed by atoms with Gasteiger partial charge >= 0.3 is 0 Å². The molecule has 10 heteroatoms. The van der Waals surface area contributed by atoms with Gasteiger partial charge in [0.25, 0.3) is 0 Å². The molecule has 32 heavy (non-hydrogen) atoms. The molecule has 3 heterocycles. The average molecular weight is 454 g/mol. The van der Waals surface area contributed by atoms with Crippen molar-refractivity contribution in [3.05, 3.63) is 53.7 Å². The van der Waals surface area contributed by atoms with Gasteiger partial charge in [0.1, 0.15) is 23.7 Å². The van der Waals surface area contributed by atoms with Crippen molar-refractivity contribution >= 4 is 40.0 Å². The summed E-state index contributed by atoms with van der Waals surface area (Å²) < 4.78 is 15.1. The van der Waals surface area contributed by atoms with Crippen molar-refractivity contribution in [2.75, 3.05) is 30.7 Å². The molecule has 1 atom stereocenters. The Kier molecular flexibility index (Phi) is 6.23. The number of halogens is 2. The number of rotatable bonds is 4. The van der Waals surface area contributed by atoms with Crippen LogP contribution >= 0.6 is 11.6 Å². The van der Waals surface area contributed by atoms with Crippen LogP contribution in [0.3, 0.4) is 0 Å². The van der Waals surface area contributed by atoms with Crippen molar-refractivity contribution in [2.24, 2.45) is 0 Å². The van der Waals surface area contributed by atoms with Crippen molar-refractivity contribution in [1.82, 2.24) is 24.6 Å². The van der Waals surface area contributed by atoms with Gasteiger partial charge in [-0.25, -0.2) is 19.0 Å². The number of nitrogen functional groups attached to an aromatic ring is 1. The van der Waals surface area contributed by atoms with Crippen LogP contribution in [0, 0.1) is 17.7 Å². The molecule has 0 saturated carbocycles. The lowest BCUT2D eigenvalue weighted by molar-refractivity contribution is -0.127. The molecule has 4 rings (SSSR count). The van der Waals surface area contributed by atoms with E-state index in [0.717, 1.165) is 12.8 Å². The van der Waals surface area contributed by atoms with Crippen molar-refractivity contribution < 1.29 is 9.18 Å². The highest BCUT2D eigenvalue weighted by Gasteiger charge is 2.27. The lowest BCUT2D eigenvalue weighted by atomic mass is 10.1. The maximum absolute atomic E-state index is 13.3. The Hall–Kier alpha value is -3.64. The number of carbonyl (C=O) groups excluding carboxylic acids is 1. The Morgan fingerprint density at radius 1 is 1.44 bits per heavy atom. The molecule has 3 N–H and O–H groups in total. The van der Waals surface area contributed by atoms with Crippen LogP contribution in [0.5, 0.6) is 0 Å². The van der Waals surface area contributed by atoms with E-state index in [2.05, 4.69) is 38.8 Å². The fourth-order valence-electron chi connectivity index (χ4n) is 3.70. The molecule has 164 valence electrons. The maximum Gasteiger partial charge on any atom is 0.246 e. The van der Waals surface area contributed by atoms with Crippen LogP contribution in [-0.2, 0) is 4.79 Å². The number of aromatic nitrogens is 4. The van der Waals surface area contributed by atoms with E-state index in [1.807, 2.05) is 0 Å². The quantitative estimate of drug-likeness (QED) is 0.465. The Morgan fingerprint density at radius 3 is 3.06 bits per heavy atom. The second kappa shape index (κ2) is 9.24. The van der Waals surface area contributed by atoms with Gasteiger partial charge in [-0.2, -0.15) is 5.10 Å². The summed E-state index contributed by atoms with van der Waals surface area (Å²) in [5, 5.41) is 8.34. The number of likely N-dealkylation sites (tertiary alicyclic amines) is 1. The van der Waals surface area contributed by atoms with E-state index in [-0.39, 0.29) is 23.5 Å². The Balaban J connectivity index is 1.59.